The lowest BCUT2D eigenvalue weighted by molar-refractivity contribution is 0.0665. The van der Waals surface area contributed by atoms with Crippen LogP contribution in [0, 0.1) is 5.92 Å². The lowest BCUT2D eigenvalue weighted by atomic mass is 10.1. The first-order chi connectivity index (χ1) is 10.2. The molecular weight excluding hydrogens is 270 g/mol. The highest BCUT2D eigenvalue weighted by Gasteiger charge is 2.22. The number of aromatic carboxylic acids is 1. The van der Waals surface area contributed by atoms with Gasteiger partial charge in [-0.25, -0.2) is 4.79 Å². The van der Waals surface area contributed by atoms with Crippen molar-refractivity contribution in [3.63, 3.8) is 0 Å². The van der Waals surface area contributed by atoms with E-state index < -0.39 is 5.97 Å². The van der Waals surface area contributed by atoms with E-state index in [0.29, 0.717) is 11.5 Å². The molecule has 0 aliphatic carbocycles. The summed E-state index contributed by atoms with van der Waals surface area (Å²) >= 11 is 0. The maximum Gasteiger partial charge on any atom is 0.371 e. The quantitative estimate of drug-likeness (QED) is 0.916. The van der Waals surface area contributed by atoms with Gasteiger partial charge in [0.1, 0.15) is 5.58 Å². The predicted molar refractivity (Wildman–Crippen MR) is 78.4 cm³/mol. The number of methoxy groups -OCH3 is 1. The van der Waals surface area contributed by atoms with Crippen LogP contribution >= 0.6 is 0 Å². The number of hydrogen-bond acceptors (Lipinski definition) is 4. The number of carbonyl (C=O) groups is 1. The Kier molecular flexibility index (Phi) is 3.94. The zero-order valence-electron chi connectivity index (χ0n) is 12.0. The number of ether oxygens (including phenoxy) is 1. The van der Waals surface area contributed by atoms with E-state index >= 15 is 0 Å². The molecule has 0 saturated carbocycles. The van der Waals surface area contributed by atoms with Gasteiger partial charge in [0.05, 0.1) is 6.61 Å². The Labute approximate surface area is 123 Å². The van der Waals surface area contributed by atoms with Gasteiger partial charge in [0, 0.05) is 25.6 Å². The second-order valence-corrected chi connectivity index (χ2v) is 5.63. The van der Waals surface area contributed by atoms with Crippen molar-refractivity contribution in [3.05, 3.63) is 35.6 Å². The third-order valence-electron chi connectivity index (χ3n) is 3.97. The van der Waals surface area contributed by atoms with Gasteiger partial charge in [0.15, 0.2) is 0 Å². The van der Waals surface area contributed by atoms with Gasteiger partial charge in [-0.05, 0) is 42.6 Å². The molecular formula is C16H19NO4. The Hall–Kier alpha value is -1.85. The van der Waals surface area contributed by atoms with Crippen molar-refractivity contribution in [1.29, 1.82) is 0 Å². The number of likely N-dealkylation sites (tertiary alicyclic amines) is 1. The van der Waals surface area contributed by atoms with E-state index in [1.807, 2.05) is 18.2 Å². The summed E-state index contributed by atoms with van der Waals surface area (Å²) in [6, 6.07) is 7.44. The molecule has 1 aromatic heterocycles. The first-order valence-corrected chi connectivity index (χ1v) is 7.13. The molecule has 2 aromatic rings. The van der Waals surface area contributed by atoms with E-state index in [-0.39, 0.29) is 5.76 Å². The number of carboxylic acids is 1. The molecule has 1 atom stereocenters. The molecule has 1 aliphatic heterocycles. The Balaban J connectivity index is 1.71. The molecule has 5 nitrogen and oxygen atoms in total. The molecule has 0 spiro atoms. The number of fused-ring (bicyclic) bond motifs is 1. The summed E-state index contributed by atoms with van der Waals surface area (Å²) in [5, 5.41) is 9.80. The van der Waals surface area contributed by atoms with Gasteiger partial charge in [0.2, 0.25) is 5.76 Å². The molecule has 1 N–H and O–H groups in total. The minimum absolute atomic E-state index is 0.0107. The van der Waals surface area contributed by atoms with E-state index in [4.69, 9.17) is 14.3 Å². The summed E-state index contributed by atoms with van der Waals surface area (Å²) in [6.07, 6.45) is 1.17. The lowest BCUT2D eigenvalue weighted by Gasteiger charge is -2.15. The number of rotatable bonds is 5. The highest BCUT2D eigenvalue weighted by Crippen LogP contribution is 2.23. The molecule has 0 amide bonds. The van der Waals surface area contributed by atoms with Crippen LogP contribution < -0.4 is 0 Å². The van der Waals surface area contributed by atoms with Crippen molar-refractivity contribution in [2.45, 2.75) is 13.0 Å². The highest BCUT2D eigenvalue weighted by molar-refractivity contribution is 5.91. The van der Waals surface area contributed by atoms with Crippen LogP contribution in [0.2, 0.25) is 0 Å². The molecule has 5 heteroatoms. The summed E-state index contributed by atoms with van der Waals surface area (Å²) in [6.45, 7) is 3.83. The molecule has 1 fully saturated rings. The summed E-state index contributed by atoms with van der Waals surface area (Å²) in [7, 11) is 1.75. The van der Waals surface area contributed by atoms with Crippen LogP contribution in [0.5, 0.6) is 0 Å². The number of carboxylic acid groups (broad SMARTS) is 1. The average molecular weight is 289 g/mol. The second-order valence-electron chi connectivity index (χ2n) is 5.63. The SMILES string of the molecule is COCC1CCN(Cc2ccc3oc(C(=O)O)cc3c2)C1. The van der Waals surface area contributed by atoms with E-state index in [1.165, 1.54) is 12.0 Å². The van der Waals surface area contributed by atoms with Gasteiger partial charge >= 0.3 is 5.97 Å². The van der Waals surface area contributed by atoms with E-state index in [1.54, 1.807) is 13.2 Å². The Bertz CT molecular complexity index is 649. The summed E-state index contributed by atoms with van der Waals surface area (Å²) in [5.74, 6) is -0.426. The molecule has 1 saturated heterocycles. The predicted octanol–water partition coefficient (Wildman–Crippen LogP) is 2.60. The van der Waals surface area contributed by atoms with Gasteiger partial charge < -0.3 is 14.3 Å². The van der Waals surface area contributed by atoms with E-state index in [9.17, 15) is 4.79 Å². The first-order valence-electron chi connectivity index (χ1n) is 7.13. The Morgan fingerprint density at radius 2 is 2.33 bits per heavy atom. The molecule has 0 bridgehead atoms. The minimum Gasteiger partial charge on any atom is -0.475 e. The van der Waals surface area contributed by atoms with Crippen LogP contribution in [-0.2, 0) is 11.3 Å². The van der Waals surface area contributed by atoms with E-state index in [2.05, 4.69) is 4.90 Å². The van der Waals surface area contributed by atoms with Gasteiger partial charge in [-0.2, -0.15) is 0 Å². The van der Waals surface area contributed by atoms with Crippen LogP contribution in [-0.4, -0.2) is 42.8 Å². The fourth-order valence-corrected chi connectivity index (χ4v) is 2.98. The Morgan fingerprint density at radius 3 is 3.10 bits per heavy atom. The molecule has 1 unspecified atom stereocenters. The number of benzene rings is 1. The zero-order valence-corrected chi connectivity index (χ0v) is 12.0. The molecule has 3 rings (SSSR count). The standard InChI is InChI=1S/C16H19NO4/c1-20-10-12-4-5-17(9-12)8-11-2-3-14-13(6-11)7-15(21-14)16(18)19/h2-3,6-7,12H,4-5,8-10H2,1H3,(H,18,19). The third-order valence-corrected chi connectivity index (χ3v) is 3.97. The smallest absolute Gasteiger partial charge is 0.371 e. The maximum atomic E-state index is 10.9. The van der Waals surface area contributed by atoms with Crippen LogP contribution in [0.25, 0.3) is 11.0 Å². The number of furan rings is 1. The van der Waals surface area contributed by atoms with Crippen LogP contribution in [0.4, 0.5) is 0 Å². The molecule has 2 heterocycles. The molecule has 21 heavy (non-hydrogen) atoms. The van der Waals surface area contributed by atoms with Crippen molar-refractivity contribution in [3.8, 4) is 0 Å². The van der Waals surface area contributed by atoms with Crippen LogP contribution in [0.15, 0.2) is 28.7 Å². The normalized spacial score (nSPS) is 19.4. The Morgan fingerprint density at radius 1 is 1.48 bits per heavy atom. The lowest BCUT2D eigenvalue weighted by Crippen LogP contribution is -2.21. The van der Waals surface area contributed by atoms with Gasteiger partial charge in [-0.1, -0.05) is 6.07 Å². The topological polar surface area (TPSA) is 62.9 Å². The van der Waals surface area contributed by atoms with Crippen molar-refractivity contribution < 1.29 is 19.1 Å². The highest BCUT2D eigenvalue weighted by atomic mass is 16.5. The maximum absolute atomic E-state index is 10.9. The van der Waals surface area contributed by atoms with Crippen LogP contribution in [0.3, 0.4) is 0 Å². The summed E-state index contributed by atoms with van der Waals surface area (Å²) in [4.78, 5) is 13.3. The van der Waals surface area contributed by atoms with Gasteiger partial charge in [-0.15, -0.1) is 0 Å². The minimum atomic E-state index is -1.03. The fourth-order valence-electron chi connectivity index (χ4n) is 2.98. The number of nitrogens with zero attached hydrogens (tertiary/aromatic N) is 1. The van der Waals surface area contributed by atoms with Crippen LogP contribution in [0.1, 0.15) is 22.5 Å². The third kappa shape index (κ3) is 3.09. The first kappa shape index (κ1) is 14.1. The summed E-state index contributed by atoms with van der Waals surface area (Å²) < 4.78 is 10.5. The zero-order chi connectivity index (χ0) is 14.8. The van der Waals surface area contributed by atoms with Crippen molar-refractivity contribution in [1.82, 2.24) is 4.90 Å². The largest absolute Gasteiger partial charge is 0.475 e. The van der Waals surface area contributed by atoms with Crippen molar-refractivity contribution in [2.24, 2.45) is 5.92 Å². The fraction of sp³-hybridized carbons (Fsp3) is 0.438. The second kappa shape index (κ2) is 5.87. The monoisotopic (exact) mass is 289 g/mol. The van der Waals surface area contributed by atoms with Gasteiger partial charge in [-0.3, -0.25) is 4.90 Å². The molecule has 0 radical (unpaired) electrons. The molecule has 1 aliphatic rings. The number of hydrogen-bond donors (Lipinski definition) is 1. The van der Waals surface area contributed by atoms with Crippen molar-refractivity contribution in [2.75, 3.05) is 26.8 Å². The summed E-state index contributed by atoms with van der Waals surface area (Å²) in [5.41, 5.74) is 1.80. The van der Waals surface area contributed by atoms with Crippen molar-refractivity contribution >= 4 is 16.9 Å². The average Bonchev–Trinajstić information content (AvgIpc) is 3.05. The molecule has 112 valence electrons. The van der Waals surface area contributed by atoms with E-state index in [0.717, 1.165) is 31.6 Å². The molecule has 1 aromatic carbocycles. The van der Waals surface area contributed by atoms with Gasteiger partial charge in [0.25, 0.3) is 0 Å².